The van der Waals surface area contributed by atoms with E-state index in [0.29, 0.717) is 42.5 Å². The Morgan fingerprint density at radius 1 is 0.882 bits per heavy atom. The molecular formula is C21H17F6N5O2. The number of hydrogen-bond donors (Lipinski definition) is 1. The smallest absolute Gasteiger partial charge is 0.416 e. The highest BCUT2D eigenvalue weighted by Crippen LogP contribution is 2.37. The van der Waals surface area contributed by atoms with Crippen molar-refractivity contribution in [1.82, 2.24) is 15.1 Å². The van der Waals surface area contributed by atoms with Crippen LogP contribution in [-0.4, -0.2) is 47.3 Å². The van der Waals surface area contributed by atoms with Crippen molar-refractivity contribution in [2.75, 3.05) is 36.4 Å². The van der Waals surface area contributed by atoms with Crippen molar-refractivity contribution in [2.45, 2.75) is 12.4 Å². The summed E-state index contributed by atoms with van der Waals surface area (Å²) in [5.41, 5.74) is -3.04. The van der Waals surface area contributed by atoms with E-state index < -0.39 is 35.2 Å². The van der Waals surface area contributed by atoms with Crippen molar-refractivity contribution in [3.63, 3.8) is 0 Å². The number of carbonyl (C=O) groups excluding carboxylic acids is 1. The fraction of sp³-hybridized carbons (Fsp3) is 0.286. The lowest BCUT2D eigenvalue weighted by atomic mass is 10.1. The maximum absolute atomic E-state index is 13.0. The quantitative estimate of drug-likeness (QED) is 0.521. The molecule has 13 heteroatoms. The second-order valence-electron chi connectivity index (χ2n) is 7.45. The minimum atomic E-state index is -5.00. The van der Waals surface area contributed by atoms with Crippen LogP contribution in [0.4, 0.5) is 42.6 Å². The number of carbonyl (C=O) groups is 1. The number of anilines is 2. The van der Waals surface area contributed by atoms with Crippen LogP contribution in [0.3, 0.4) is 0 Å². The fourth-order valence-corrected chi connectivity index (χ4v) is 3.42. The lowest BCUT2D eigenvalue weighted by Gasteiger charge is -2.35. The Morgan fingerprint density at radius 3 is 2.03 bits per heavy atom. The number of rotatable bonds is 3. The molecule has 1 saturated heterocycles. The second-order valence-corrected chi connectivity index (χ2v) is 7.45. The number of benzene rings is 1. The number of amides is 2. The molecule has 0 bridgehead atoms. The first-order chi connectivity index (χ1) is 16.0. The predicted molar refractivity (Wildman–Crippen MR) is 109 cm³/mol. The molecule has 0 aliphatic carbocycles. The molecule has 3 aromatic rings. The average molecular weight is 485 g/mol. The molecule has 0 atom stereocenters. The Hall–Kier alpha value is -3.77. The third-order valence-electron chi connectivity index (χ3n) is 5.15. The summed E-state index contributed by atoms with van der Waals surface area (Å²) >= 11 is 0. The SMILES string of the molecule is O=C(Nc1cc(C(F)(F)F)cc(C(F)(F)F)c1)N1CCN(c2ccc(-c3ccco3)nn2)CC1. The second kappa shape index (κ2) is 8.88. The van der Waals surface area contributed by atoms with Crippen molar-refractivity contribution in [2.24, 2.45) is 0 Å². The van der Waals surface area contributed by atoms with Crippen LogP contribution in [0.25, 0.3) is 11.5 Å². The zero-order valence-corrected chi connectivity index (χ0v) is 17.3. The summed E-state index contributed by atoms with van der Waals surface area (Å²) in [6.07, 6.45) is -8.49. The van der Waals surface area contributed by atoms with E-state index in [9.17, 15) is 31.1 Å². The monoisotopic (exact) mass is 485 g/mol. The number of furan rings is 1. The Morgan fingerprint density at radius 2 is 1.53 bits per heavy atom. The third-order valence-corrected chi connectivity index (χ3v) is 5.15. The van der Waals surface area contributed by atoms with Gasteiger partial charge in [0.15, 0.2) is 11.6 Å². The summed E-state index contributed by atoms with van der Waals surface area (Å²) < 4.78 is 83.4. The molecule has 7 nitrogen and oxygen atoms in total. The van der Waals surface area contributed by atoms with Gasteiger partial charge in [-0.1, -0.05) is 0 Å². The topological polar surface area (TPSA) is 74.5 Å². The normalized spacial score (nSPS) is 14.9. The third kappa shape index (κ3) is 5.24. The van der Waals surface area contributed by atoms with Gasteiger partial charge >= 0.3 is 18.4 Å². The number of nitrogens with zero attached hydrogens (tertiary/aromatic N) is 4. The van der Waals surface area contributed by atoms with Crippen LogP contribution in [0.2, 0.25) is 0 Å². The van der Waals surface area contributed by atoms with E-state index in [1.165, 1.54) is 11.2 Å². The minimum Gasteiger partial charge on any atom is -0.463 e. The van der Waals surface area contributed by atoms with E-state index in [1.54, 1.807) is 24.3 Å². The first-order valence-corrected chi connectivity index (χ1v) is 9.99. The maximum atomic E-state index is 13.0. The minimum absolute atomic E-state index is 0.00657. The maximum Gasteiger partial charge on any atom is 0.416 e. The van der Waals surface area contributed by atoms with Crippen LogP contribution in [0.5, 0.6) is 0 Å². The molecule has 2 amide bonds. The highest BCUT2D eigenvalue weighted by atomic mass is 19.4. The molecule has 0 radical (unpaired) electrons. The highest BCUT2D eigenvalue weighted by molar-refractivity contribution is 5.89. The number of alkyl halides is 6. The van der Waals surface area contributed by atoms with E-state index in [4.69, 9.17) is 4.42 Å². The van der Waals surface area contributed by atoms with E-state index in [0.717, 1.165) is 0 Å². The molecule has 1 aromatic carbocycles. The van der Waals surface area contributed by atoms with E-state index in [1.807, 2.05) is 4.90 Å². The van der Waals surface area contributed by atoms with Crippen molar-refractivity contribution in [1.29, 1.82) is 0 Å². The predicted octanol–water partition coefficient (Wildman–Crippen LogP) is 5.13. The van der Waals surface area contributed by atoms with Gasteiger partial charge in [-0.15, -0.1) is 10.2 Å². The Labute approximate surface area is 189 Å². The lowest BCUT2D eigenvalue weighted by molar-refractivity contribution is -0.143. The van der Waals surface area contributed by atoms with Gasteiger partial charge in [0.05, 0.1) is 17.4 Å². The average Bonchev–Trinajstić information content (AvgIpc) is 3.33. The van der Waals surface area contributed by atoms with Gasteiger partial charge in [0.1, 0.15) is 5.69 Å². The lowest BCUT2D eigenvalue weighted by Crippen LogP contribution is -2.50. The van der Waals surface area contributed by atoms with Crippen molar-refractivity contribution in [3.05, 3.63) is 59.9 Å². The van der Waals surface area contributed by atoms with Gasteiger partial charge in [-0.25, -0.2) is 4.79 Å². The fourth-order valence-electron chi connectivity index (χ4n) is 3.42. The number of piperazine rings is 1. The van der Waals surface area contributed by atoms with Crippen molar-refractivity contribution >= 4 is 17.5 Å². The summed E-state index contributed by atoms with van der Waals surface area (Å²) in [5, 5.41) is 10.4. The Bertz CT molecular complexity index is 1110. The van der Waals surface area contributed by atoms with Gasteiger partial charge < -0.3 is 19.5 Å². The molecule has 0 saturated carbocycles. The summed E-state index contributed by atoms with van der Waals surface area (Å²) in [6.45, 7) is 1.05. The molecule has 4 rings (SSSR count). The number of hydrogen-bond acceptors (Lipinski definition) is 5. The molecule has 1 fully saturated rings. The van der Waals surface area contributed by atoms with Gasteiger partial charge in [-0.3, -0.25) is 0 Å². The van der Waals surface area contributed by atoms with Gasteiger partial charge in [-0.2, -0.15) is 26.3 Å². The molecule has 1 aliphatic rings. The van der Waals surface area contributed by atoms with E-state index in [-0.39, 0.29) is 19.2 Å². The largest absolute Gasteiger partial charge is 0.463 e. The van der Waals surface area contributed by atoms with Crippen molar-refractivity contribution in [3.8, 4) is 11.5 Å². The molecule has 1 N–H and O–H groups in total. The van der Waals surface area contributed by atoms with E-state index in [2.05, 4.69) is 15.5 Å². The number of halogens is 6. The zero-order chi connectivity index (χ0) is 24.5. The van der Waals surface area contributed by atoms with Crippen LogP contribution in [-0.2, 0) is 12.4 Å². The van der Waals surface area contributed by atoms with Crippen LogP contribution in [0, 0.1) is 0 Å². The summed E-state index contributed by atoms with van der Waals surface area (Å²) in [6, 6.07) is 7.08. The Kier molecular flexibility index (Phi) is 6.11. The molecule has 2 aromatic heterocycles. The van der Waals surface area contributed by atoms with Gasteiger partial charge in [0, 0.05) is 31.9 Å². The molecule has 3 heterocycles. The summed E-state index contributed by atoms with van der Waals surface area (Å²) in [5.74, 6) is 1.12. The highest BCUT2D eigenvalue weighted by Gasteiger charge is 2.37. The van der Waals surface area contributed by atoms with Crippen molar-refractivity contribution < 1.29 is 35.6 Å². The number of urea groups is 1. The molecule has 0 unspecified atom stereocenters. The first-order valence-electron chi connectivity index (χ1n) is 9.99. The van der Waals surface area contributed by atoms with E-state index >= 15 is 0 Å². The number of nitrogens with one attached hydrogen (secondary N) is 1. The number of aromatic nitrogens is 2. The van der Waals surface area contributed by atoms with Crippen LogP contribution < -0.4 is 10.2 Å². The van der Waals surface area contributed by atoms with Crippen LogP contribution in [0.1, 0.15) is 11.1 Å². The van der Waals surface area contributed by atoms with Crippen LogP contribution >= 0.6 is 0 Å². The summed E-state index contributed by atoms with van der Waals surface area (Å²) in [7, 11) is 0. The van der Waals surface area contributed by atoms with Gasteiger partial charge in [-0.05, 0) is 42.5 Å². The standard InChI is InChI=1S/C21H17F6N5O2/c22-20(23,24)13-10-14(21(25,26)27)12-15(11-13)28-19(33)32-7-5-31(6-8-32)18-4-3-16(29-30-18)17-2-1-9-34-17/h1-4,9-12H,5-8H2,(H,28,33). The molecule has 34 heavy (non-hydrogen) atoms. The first kappa shape index (κ1) is 23.4. The molecule has 1 aliphatic heterocycles. The molecule has 0 spiro atoms. The Balaban J connectivity index is 1.40. The van der Waals surface area contributed by atoms with Gasteiger partial charge in [0.2, 0.25) is 0 Å². The van der Waals surface area contributed by atoms with Gasteiger partial charge in [0.25, 0.3) is 0 Å². The summed E-state index contributed by atoms with van der Waals surface area (Å²) in [4.78, 5) is 15.7. The zero-order valence-electron chi connectivity index (χ0n) is 17.3. The molecule has 180 valence electrons. The van der Waals surface area contributed by atoms with Crippen LogP contribution in [0.15, 0.2) is 53.1 Å². The molecular weight excluding hydrogens is 468 g/mol.